The van der Waals surface area contributed by atoms with E-state index in [-0.39, 0.29) is 0 Å². The van der Waals surface area contributed by atoms with Gasteiger partial charge in [-0.3, -0.25) is 0 Å². The van der Waals surface area contributed by atoms with Crippen molar-refractivity contribution < 1.29 is 0 Å². The van der Waals surface area contributed by atoms with Crippen molar-refractivity contribution in [3.63, 3.8) is 0 Å². The highest BCUT2D eigenvalue weighted by Crippen LogP contribution is 2.10. The van der Waals surface area contributed by atoms with Crippen molar-refractivity contribution in [1.82, 2.24) is 0 Å². The van der Waals surface area contributed by atoms with Crippen LogP contribution in [0.1, 0.15) is 6.92 Å². The van der Waals surface area contributed by atoms with Gasteiger partial charge in [0.15, 0.2) is 0 Å². The Morgan fingerprint density at radius 2 is 1.77 bits per heavy atom. The molecule has 0 unspecified atom stereocenters. The minimum absolute atomic E-state index is 1.19. The maximum absolute atomic E-state index is 2.42. The Kier molecular flexibility index (Phi) is 3.49. The van der Waals surface area contributed by atoms with Crippen LogP contribution in [-0.2, 0) is 0 Å². The van der Waals surface area contributed by atoms with Crippen molar-refractivity contribution in [1.29, 1.82) is 0 Å². The molecule has 1 aromatic carbocycles. The molecule has 0 fully saturated rings. The molecule has 1 heteroatoms. The third-order valence-electron chi connectivity index (χ3n) is 2.42. The predicted octanol–water partition coefficient (Wildman–Crippen LogP) is 3.18. The van der Waals surface area contributed by atoms with Gasteiger partial charge >= 0.3 is 0 Å². The Bertz CT molecular complexity index is 272. The zero-order valence-electron chi connectivity index (χ0n) is 8.75. The van der Waals surface area contributed by atoms with E-state index in [2.05, 4.69) is 62.5 Å². The first-order chi connectivity index (χ1) is 6.17. The Hall–Kier alpha value is -0.823. The maximum atomic E-state index is 2.42. The smallest absolute Gasteiger partial charge is 0.0843 e. The summed E-state index contributed by atoms with van der Waals surface area (Å²) in [7, 11) is -1.19. The van der Waals surface area contributed by atoms with Crippen LogP contribution in [0.25, 0.3) is 0 Å². The van der Waals surface area contributed by atoms with Crippen molar-refractivity contribution in [2.75, 3.05) is 0 Å². The van der Waals surface area contributed by atoms with Crippen LogP contribution >= 0.6 is 0 Å². The Balaban J connectivity index is 2.81. The first kappa shape index (κ1) is 10.3. The molecule has 0 spiro atoms. The standard InChI is InChI=1S/C12H18Si/c1-4-5-11-13(2,3)12-9-7-6-8-10-12/h4-10H,11H2,1-3H3/b5-4+. The summed E-state index contributed by atoms with van der Waals surface area (Å²) in [6.07, 6.45) is 4.44. The summed E-state index contributed by atoms with van der Waals surface area (Å²) < 4.78 is 0. The van der Waals surface area contributed by atoms with Gasteiger partial charge in [-0.25, -0.2) is 0 Å². The molecule has 0 aliphatic rings. The molecule has 70 valence electrons. The molecule has 0 aliphatic carbocycles. The van der Waals surface area contributed by atoms with Gasteiger partial charge in [-0.2, -0.15) is 0 Å². The van der Waals surface area contributed by atoms with Gasteiger partial charge in [0.1, 0.15) is 0 Å². The van der Waals surface area contributed by atoms with E-state index in [0.717, 1.165) is 0 Å². The summed E-state index contributed by atoms with van der Waals surface area (Å²) in [5.74, 6) is 0. The van der Waals surface area contributed by atoms with Crippen LogP contribution in [0.2, 0.25) is 19.1 Å². The second-order valence-corrected chi connectivity index (χ2v) is 8.78. The van der Waals surface area contributed by atoms with Gasteiger partial charge in [-0.1, -0.05) is 60.8 Å². The topological polar surface area (TPSA) is 0 Å². The number of hydrogen-bond donors (Lipinski definition) is 0. The fourth-order valence-electron chi connectivity index (χ4n) is 1.42. The summed E-state index contributed by atoms with van der Waals surface area (Å²) >= 11 is 0. The van der Waals surface area contributed by atoms with Gasteiger partial charge in [0.25, 0.3) is 0 Å². The highest BCUT2D eigenvalue weighted by molar-refractivity contribution is 6.90. The summed E-state index contributed by atoms with van der Waals surface area (Å²) in [4.78, 5) is 0. The first-order valence-electron chi connectivity index (χ1n) is 4.83. The third kappa shape index (κ3) is 2.85. The molecule has 0 nitrogen and oxygen atoms in total. The molecule has 0 N–H and O–H groups in total. The fourth-order valence-corrected chi connectivity index (χ4v) is 3.58. The van der Waals surface area contributed by atoms with Crippen molar-refractivity contribution in [3.05, 3.63) is 42.5 Å². The molecule has 13 heavy (non-hydrogen) atoms. The maximum Gasteiger partial charge on any atom is 0.0843 e. The average molecular weight is 190 g/mol. The monoisotopic (exact) mass is 190 g/mol. The molecular formula is C12H18Si. The summed E-state index contributed by atoms with van der Waals surface area (Å²) in [5.41, 5.74) is 0. The van der Waals surface area contributed by atoms with E-state index in [9.17, 15) is 0 Å². The van der Waals surface area contributed by atoms with Crippen molar-refractivity contribution in [2.24, 2.45) is 0 Å². The van der Waals surface area contributed by atoms with E-state index in [0.29, 0.717) is 0 Å². The summed E-state index contributed by atoms with van der Waals surface area (Å²) in [5, 5.41) is 1.55. The second kappa shape index (κ2) is 4.42. The molecule has 1 aromatic rings. The van der Waals surface area contributed by atoms with E-state index in [1.54, 1.807) is 5.19 Å². The van der Waals surface area contributed by atoms with Crippen LogP contribution in [0.3, 0.4) is 0 Å². The number of allylic oxidation sites excluding steroid dienone is 2. The van der Waals surface area contributed by atoms with E-state index < -0.39 is 8.07 Å². The minimum atomic E-state index is -1.19. The summed E-state index contributed by atoms with van der Waals surface area (Å²) in [6.45, 7) is 6.93. The number of rotatable bonds is 3. The predicted molar refractivity (Wildman–Crippen MR) is 63.2 cm³/mol. The molecule has 0 aromatic heterocycles. The third-order valence-corrected chi connectivity index (χ3v) is 5.57. The highest BCUT2D eigenvalue weighted by atomic mass is 28.3. The zero-order valence-corrected chi connectivity index (χ0v) is 9.75. The van der Waals surface area contributed by atoms with Gasteiger partial charge in [0.05, 0.1) is 8.07 Å². The molecule has 0 heterocycles. The van der Waals surface area contributed by atoms with Crippen LogP contribution in [0.5, 0.6) is 0 Å². The quantitative estimate of drug-likeness (QED) is 0.507. The number of benzene rings is 1. The van der Waals surface area contributed by atoms with Crippen LogP contribution in [-0.4, -0.2) is 8.07 Å². The molecule has 0 aliphatic heterocycles. The number of hydrogen-bond acceptors (Lipinski definition) is 0. The lowest BCUT2D eigenvalue weighted by Gasteiger charge is -2.20. The normalized spacial score (nSPS) is 12.2. The van der Waals surface area contributed by atoms with Crippen molar-refractivity contribution >= 4 is 13.3 Å². The SMILES string of the molecule is C/C=C/C[Si](C)(C)c1ccccc1. The van der Waals surface area contributed by atoms with Gasteiger partial charge in [-0.15, -0.1) is 0 Å². The molecule has 0 radical (unpaired) electrons. The summed E-state index contributed by atoms with van der Waals surface area (Å²) in [6, 6.07) is 12.1. The molecule has 0 amide bonds. The lowest BCUT2D eigenvalue weighted by Crippen LogP contribution is -2.40. The Labute approximate surface area is 82.3 Å². The van der Waals surface area contributed by atoms with Gasteiger partial charge < -0.3 is 0 Å². The molecule has 1 rings (SSSR count). The van der Waals surface area contributed by atoms with Gasteiger partial charge in [0.2, 0.25) is 0 Å². The first-order valence-corrected chi connectivity index (χ1v) is 8.04. The molecule has 0 bridgehead atoms. The molecular weight excluding hydrogens is 172 g/mol. The molecule has 0 saturated heterocycles. The molecule has 0 saturated carbocycles. The second-order valence-electron chi connectivity index (χ2n) is 4.02. The minimum Gasteiger partial charge on any atom is -0.0919 e. The van der Waals surface area contributed by atoms with Crippen LogP contribution < -0.4 is 5.19 Å². The Morgan fingerprint density at radius 1 is 1.15 bits per heavy atom. The van der Waals surface area contributed by atoms with E-state index in [4.69, 9.17) is 0 Å². The largest absolute Gasteiger partial charge is 0.0919 e. The van der Waals surface area contributed by atoms with Crippen LogP contribution in [0, 0.1) is 0 Å². The van der Waals surface area contributed by atoms with Crippen molar-refractivity contribution in [3.8, 4) is 0 Å². The lowest BCUT2D eigenvalue weighted by molar-refractivity contribution is 1.50. The van der Waals surface area contributed by atoms with E-state index >= 15 is 0 Å². The van der Waals surface area contributed by atoms with Gasteiger partial charge in [0, 0.05) is 0 Å². The van der Waals surface area contributed by atoms with Crippen LogP contribution in [0.4, 0.5) is 0 Å². The lowest BCUT2D eigenvalue weighted by atomic mass is 10.4. The van der Waals surface area contributed by atoms with Gasteiger partial charge in [-0.05, 0) is 13.0 Å². The van der Waals surface area contributed by atoms with E-state index in [1.807, 2.05) is 0 Å². The molecule has 0 atom stereocenters. The Morgan fingerprint density at radius 3 is 2.31 bits per heavy atom. The zero-order chi connectivity index (χ0) is 9.73. The average Bonchev–Trinajstić information content (AvgIpc) is 2.16. The highest BCUT2D eigenvalue weighted by Gasteiger charge is 2.20. The van der Waals surface area contributed by atoms with Crippen molar-refractivity contribution in [2.45, 2.75) is 26.1 Å². The van der Waals surface area contributed by atoms with Crippen LogP contribution in [0.15, 0.2) is 42.5 Å². The van der Waals surface area contributed by atoms with E-state index in [1.165, 1.54) is 6.04 Å². The fraction of sp³-hybridized carbons (Fsp3) is 0.333.